The second-order valence-corrected chi connectivity index (χ2v) is 8.54. The van der Waals surface area contributed by atoms with Gasteiger partial charge in [-0.2, -0.15) is 5.10 Å². The minimum Gasteiger partial charge on any atom is -0.506 e. The Balaban J connectivity index is 1.80. The van der Waals surface area contributed by atoms with Gasteiger partial charge in [0.2, 0.25) is 0 Å². The minimum absolute atomic E-state index is 0.0776. The Kier molecular flexibility index (Phi) is 5.86. The monoisotopic (exact) mass is 482 g/mol. The molecular formula is C18H16Br2N2O2S. The first kappa shape index (κ1) is 18.5. The van der Waals surface area contributed by atoms with Crippen molar-refractivity contribution in [2.75, 3.05) is 5.75 Å². The van der Waals surface area contributed by atoms with Gasteiger partial charge in [-0.25, -0.2) is 5.01 Å². The summed E-state index contributed by atoms with van der Waals surface area (Å²) in [6.45, 7) is 1.90. The van der Waals surface area contributed by atoms with Crippen LogP contribution in [0.1, 0.15) is 24.9 Å². The van der Waals surface area contributed by atoms with E-state index in [2.05, 4.69) is 37.0 Å². The molecule has 1 heterocycles. The normalized spacial score (nSPS) is 16.8. The number of amides is 1. The standard InChI is InChI=1S/C18H16Br2N2O2S/c1-11-7-16(14-8-12(19)9-15(20)18(14)24)22(21-11)17(23)10-25-13-5-3-2-4-6-13/h2-6,8-9,16,24H,7,10H2,1H3/t16-/m1/s1. The fraction of sp³-hybridized carbons (Fsp3) is 0.222. The number of hydrogen-bond acceptors (Lipinski definition) is 4. The molecule has 1 aliphatic heterocycles. The highest BCUT2D eigenvalue weighted by atomic mass is 79.9. The third-order valence-corrected chi connectivity index (χ3v) is 5.90. The zero-order chi connectivity index (χ0) is 18.0. The summed E-state index contributed by atoms with van der Waals surface area (Å²) in [5, 5.41) is 16.3. The van der Waals surface area contributed by atoms with E-state index in [4.69, 9.17) is 0 Å². The summed E-state index contributed by atoms with van der Waals surface area (Å²) in [7, 11) is 0. The van der Waals surface area contributed by atoms with Crippen LogP contribution in [0.5, 0.6) is 5.75 Å². The summed E-state index contributed by atoms with van der Waals surface area (Å²) in [5.74, 6) is 0.366. The predicted octanol–water partition coefficient (Wildman–Crippen LogP) is 5.36. The third kappa shape index (κ3) is 4.27. The molecule has 1 aliphatic rings. The maximum Gasteiger partial charge on any atom is 0.253 e. The molecule has 2 aromatic rings. The summed E-state index contributed by atoms with van der Waals surface area (Å²) < 4.78 is 1.43. The molecule has 130 valence electrons. The van der Waals surface area contributed by atoms with Crippen molar-refractivity contribution in [2.24, 2.45) is 5.10 Å². The number of halogens is 2. The van der Waals surface area contributed by atoms with Gasteiger partial charge in [-0.05, 0) is 47.1 Å². The zero-order valence-corrected chi connectivity index (χ0v) is 17.4. The van der Waals surface area contributed by atoms with Crippen molar-refractivity contribution in [1.82, 2.24) is 5.01 Å². The lowest BCUT2D eigenvalue weighted by molar-refractivity contribution is -0.130. The average Bonchev–Trinajstić information content (AvgIpc) is 2.98. The van der Waals surface area contributed by atoms with Crippen LogP contribution in [0, 0.1) is 0 Å². The minimum atomic E-state index is -0.294. The van der Waals surface area contributed by atoms with Crippen LogP contribution in [-0.4, -0.2) is 27.5 Å². The van der Waals surface area contributed by atoms with Gasteiger partial charge in [0.1, 0.15) is 5.75 Å². The first-order valence-corrected chi connectivity index (χ1v) is 10.2. The van der Waals surface area contributed by atoms with E-state index in [1.165, 1.54) is 16.8 Å². The molecule has 1 amide bonds. The maximum absolute atomic E-state index is 12.7. The molecule has 0 unspecified atom stereocenters. The van der Waals surface area contributed by atoms with E-state index in [1.54, 1.807) is 6.07 Å². The summed E-state index contributed by atoms with van der Waals surface area (Å²) in [6.07, 6.45) is 0.609. The van der Waals surface area contributed by atoms with Gasteiger partial charge in [0.25, 0.3) is 5.91 Å². The summed E-state index contributed by atoms with van der Waals surface area (Å²) >= 11 is 8.28. The molecule has 25 heavy (non-hydrogen) atoms. The van der Waals surface area contributed by atoms with Crippen LogP contribution >= 0.6 is 43.6 Å². The highest BCUT2D eigenvalue weighted by molar-refractivity contribution is 9.11. The summed E-state index contributed by atoms with van der Waals surface area (Å²) in [6, 6.07) is 13.1. The molecule has 0 bridgehead atoms. The molecule has 0 saturated heterocycles. The van der Waals surface area contributed by atoms with E-state index in [0.29, 0.717) is 22.2 Å². The van der Waals surface area contributed by atoms with Crippen LogP contribution in [0.3, 0.4) is 0 Å². The Hall–Kier alpha value is -1.31. The van der Waals surface area contributed by atoms with E-state index >= 15 is 0 Å². The lowest BCUT2D eigenvalue weighted by atomic mass is 10.0. The molecule has 1 N–H and O–H groups in total. The van der Waals surface area contributed by atoms with Crippen molar-refractivity contribution in [2.45, 2.75) is 24.3 Å². The van der Waals surface area contributed by atoms with Crippen molar-refractivity contribution in [3.8, 4) is 5.75 Å². The Labute approximate surface area is 167 Å². The molecule has 0 fully saturated rings. The highest BCUT2D eigenvalue weighted by Gasteiger charge is 2.33. The number of thioether (sulfide) groups is 1. The van der Waals surface area contributed by atoms with E-state index in [-0.39, 0.29) is 17.7 Å². The van der Waals surface area contributed by atoms with Crippen molar-refractivity contribution in [3.05, 3.63) is 57.0 Å². The molecule has 7 heteroatoms. The lowest BCUT2D eigenvalue weighted by Crippen LogP contribution is -2.28. The van der Waals surface area contributed by atoms with Crippen LogP contribution < -0.4 is 0 Å². The number of carbonyl (C=O) groups excluding carboxylic acids is 1. The third-order valence-electron chi connectivity index (χ3n) is 3.84. The Morgan fingerprint density at radius 3 is 2.76 bits per heavy atom. The largest absolute Gasteiger partial charge is 0.506 e. The fourth-order valence-corrected chi connectivity index (χ4v) is 4.73. The number of rotatable bonds is 4. The first-order valence-electron chi connectivity index (χ1n) is 7.67. The van der Waals surface area contributed by atoms with Gasteiger partial charge in [-0.3, -0.25) is 4.79 Å². The first-order chi connectivity index (χ1) is 12.0. The molecule has 2 aromatic carbocycles. The van der Waals surface area contributed by atoms with E-state index in [9.17, 15) is 9.90 Å². The number of phenolic OH excluding ortho intramolecular Hbond substituents is 1. The summed E-state index contributed by atoms with van der Waals surface area (Å²) in [5.41, 5.74) is 1.55. The predicted molar refractivity (Wildman–Crippen MR) is 108 cm³/mol. The van der Waals surface area contributed by atoms with E-state index < -0.39 is 0 Å². The SMILES string of the molecule is CC1=NN(C(=O)CSc2ccccc2)[C@@H](c2cc(Br)cc(Br)c2O)C1. The van der Waals surface area contributed by atoms with Crippen molar-refractivity contribution >= 4 is 55.2 Å². The molecule has 0 radical (unpaired) electrons. The number of phenols is 1. The number of carbonyl (C=O) groups is 1. The lowest BCUT2D eigenvalue weighted by Gasteiger charge is -2.23. The Morgan fingerprint density at radius 2 is 2.04 bits per heavy atom. The Bertz CT molecular complexity index is 827. The average molecular weight is 484 g/mol. The van der Waals surface area contributed by atoms with Gasteiger partial charge in [-0.15, -0.1) is 11.8 Å². The second-order valence-electron chi connectivity index (χ2n) is 5.72. The molecule has 1 atom stereocenters. The highest BCUT2D eigenvalue weighted by Crippen LogP contribution is 2.41. The second kappa shape index (κ2) is 7.93. The number of benzene rings is 2. The fourth-order valence-electron chi connectivity index (χ4n) is 2.70. The van der Waals surface area contributed by atoms with Crippen LogP contribution in [0.25, 0.3) is 0 Å². The number of hydrogen-bond donors (Lipinski definition) is 1. The van der Waals surface area contributed by atoms with Crippen LogP contribution in [-0.2, 0) is 4.79 Å². The summed E-state index contributed by atoms with van der Waals surface area (Å²) in [4.78, 5) is 13.8. The van der Waals surface area contributed by atoms with Crippen molar-refractivity contribution < 1.29 is 9.90 Å². The molecule has 0 aromatic heterocycles. The molecule has 3 rings (SSSR count). The van der Waals surface area contributed by atoms with Crippen molar-refractivity contribution in [1.29, 1.82) is 0 Å². The van der Waals surface area contributed by atoms with Gasteiger partial charge >= 0.3 is 0 Å². The topological polar surface area (TPSA) is 52.9 Å². The smallest absolute Gasteiger partial charge is 0.253 e. The number of nitrogens with zero attached hydrogens (tertiary/aromatic N) is 2. The van der Waals surface area contributed by atoms with Crippen LogP contribution in [0.2, 0.25) is 0 Å². The molecule has 4 nitrogen and oxygen atoms in total. The molecule has 0 spiro atoms. The quantitative estimate of drug-likeness (QED) is 0.595. The van der Waals surface area contributed by atoms with E-state index in [0.717, 1.165) is 15.1 Å². The van der Waals surface area contributed by atoms with Gasteiger partial charge < -0.3 is 5.11 Å². The number of aromatic hydroxyl groups is 1. The van der Waals surface area contributed by atoms with Crippen molar-refractivity contribution in [3.63, 3.8) is 0 Å². The van der Waals surface area contributed by atoms with E-state index in [1.807, 2.05) is 43.3 Å². The van der Waals surface area contributed by atoms with Gasteiger partial charge in [-0.1, -0.05) is 34.1 Å². The zero-order valence-electron chi connectivity index (χ0n) is 13.4. The van der Waals surface area contributed by atoms with Gasteiger partial charge in [0.05, 0.1) is 16.3 Å². The Morgan fingerprint density at radius 1 is 1.32 bits per heavy atom. The number of hydrazone groups is 1. The maximum atomic E-state index is 12.7. The van der Waals surface area contributed by atoms with Crippen LogP contribution in [0.15, 0.2) is 61.4 Å². The molecule has 0 aliphatic carbocycles. The van der Waals surface area contributed by atoms with Gasteiger partial charge in [0.15, 0.2) is 0 Å². The molecular weight excluding hydrogens is 468 g/mol. The van der Waals surface area contributed by atoms with Gasteiger partial charge in [0, 0.05) is 27.1 Å². The van der Waals surface area contributed by atoms with Crippen LogP contribution in [0.4, 0.5) is 0 Å². The molecule has 0 saturated carbocycles.